The SMILES string of the molecule is CCC1=C(C(=O)OC)C(c2ccc(O)c(O)c2)n2ncnc2N1. The molecule has 1 aliphatic rings. The van der Waals surface area contributed by atoms with E-state index in [0.717, 1.165) is 0 Å². The van der Waals surface area contributed by atoms with Crippen LogP contribution in [-0.4, -0.2) is 38.1 Å². The van der Waals surface area contributed by atoms with E-state index in [2.05, 4.69) is 15.4 Å². The maximum absolute atomic E-state index is 12.3. The van der Waals surface area contributed by atoms with Crippen LogP contribution in [0.3, 0.4) is 0 Å². The van der Waals surface area contributed by atoms with Gasteiger partial charge < -0.3 is 20.3 Å². The van der Waals surface area contributed by atoms with Crippen molar-refractivity contribution < 1.29 is 19.7 Å². The lowest BCUT2D eigenvalue weighted by Gasteiger charge is -2.28. The first kappa shape index (κ1) is 14.9. The maximum Gasteiger partial charge on any atom is 0.338 e. The molecule has 2 aromatic rings. The van der Waals surface area contributed by atoms with E-state index in [4.69, 9.17) is 4.74 Å². The fourth-order valence-electron chi connectivity index (χ4n) is 2.66. The van der Waals surface area contributed by atoms with Gasteiger partial charge in [0.05, 0.1) is 12.7 Å². The molecular formula is C15H16N4O4. The number of benzene rings is 1. The lowest BCUT2D eigenvalue weighted by Crippen LogP contribution is -2.29. The summed E-state index contributed by atoms with van der Waals surface area (Å²) in [4.78, 5) is 16.4. The molecule has 3 rings (SSSR count). The average Bonchev–Trinajstić information content (AvgIpc) is 3.03. The monoisotopic (exact) mass is 316 g/mol. The zero-order valence-corrected chi connectivity index (χ0v) is 12.6. The number of phenols is 2. The van der Waals surface area contributed by atoms with Crippen molar-refractivity contribution >= 4 is 11.9 Å². The fourth-order valence-corrected chi connectivity index (χ4v) is 2.66. The molecule has 1 unspecified atom stereocenters. The van der Waals surface area contributed by atoms with Crippen LogP contribution in [-0.2, 0) is 9.53 Å². The molecule has 0 spiro atoms. The topological polar surface area (TPSA) is 110 Å². The third kappa shape index (κ3) is 2.37. The van der Waals surface area contributed by atoms with Crippen LogP contribution < -0.4 is 5.32 Å². The van der Waals surface area contributed by atoms with Gasteiger partial charge in [-0.25, -0.2) is 9.48 Å². The van der Waals surface area contributed by atoms with Gasteiger partial charge in [-0.3, -0.25) is 0 Å². The van der Waals surface area contributed by atoms with E-state index in [9.17, 15) is 15.0 Å². The number of ether oxygens (including phenoxy) is 1. The second kappa shape index (κ2) is 5.64. The van der Waals surface area contributed by atoms with Gasteiger partial charge in [-0.15, -0.1) is 0 Å². The molecule has 2 heterocycles. The summed E-state index contributed by atoms with van der Waals surface area (Å²) in [6, 6.07) is 3.77. The molecule has 0 bridgehead atoms. The van der Waals surface area contributed by atoms with Crippen LogP contribution in [0.2, 0.25) is 0 Å². The Morgan fingerprint density at radius 2 is 2.17 bits per heavy atom. The number of aromatic hydroxyl groups is 2. The number of nitrogens with zero attached hydrogens (tertiary/aromatic N) is 3. The minimum atomic E-state index is -0.609. The summed E-state index contributed by atoms with van der Waals surface area (Å²) in [5.74, 6) is -0.508. The van der Waals surface area contributed by atoms with Crippen molar-refractivity contribution in [3.8, 4) is 11.5 Å². The average molecular weight is 316 g/mol. The van der Waals surface area contributed by atoms with Gasteiger partial charge in [0.15, 0.2) is 11.5 Å². The summed E-state index contributed by atoms with van der Waals surface area (Å²) < 4.78 is 6.45. The zero-order valence-electron chi connectivity index (χ0n) is 12.6. The van der Waals surface area contributed by atoms with Crippen LogP contribution in [0, 0.1) is 0 Å². The smallest absolute Gasteiger partial charge is 0.338 e. The molecule has 0 aliphatic carbocycles. The Morgan fingerprint density at radius 1 is 1.39 bits per heavy atom. The van der Waals surface area contributed by atoms with Crippen molar-refractivity contribution in [1.82, 2.24) is 14.8 Å². The second-order valence-electron chi connectivity index (χ2n) is 5.04. The molecule has 23 heavy (non-hydrogen) atoms. The molecule has 8 nitrogen and oxygen atoms in total. The molecule has 1 aromatic heterocycles. The number of hydrogen-bond donors (Lipinski definition) is 3. The molecule has 1 aliphatic heterocycles. The molecule has 8 heteroatoms. The molecule has 120 valence electrons. The predicted molar refractivity (Wildman–Crippen MR) is 80.9 cm³/mol. The summed E-state index contributed by atoms with van der Waals surface area (Å²) in [5.41, 5.74) is 1.65. The van der Waals surface area contributed by atoms with Gasteiger partial charge in [0.25, 0.3) is 0 Å². The van der Waals surface area contributed by atoms with Crippen LogP contribution >= 0.6 is 0 Å². The summed E-state index contributed by atoms with van der Waals surface area (Å²) >= 11 is 0. The molecule has 0 radical (unpaired) electrons. The van der Waals surface area contributed by atoms with Gasteiger partial charge >= 0.3 is 5.97 Å². The molecule has 0 fully saturated rings. The minimum absolute atomic E-state index is 0.235. The summed E-state index contributed by atoms with van der Waals surface area (Å²) in [6.45, 7) is 1.91. The Hall–Kier alpha value is -3.03. The van der Waals surface area contributed by atoms with E-state index < -0.39 is 12.0 Å². The number of carbonyl (C=O) groups is 1. The largest absolute Gasteiger partial charge is 0.504 e. The third-order valence-electron chi connectivity index (χ3n) is 3.75. The summed E-state index contributed by atoms with van der Waals surface area (Å²) in [5, 5.41) is 26.5. The van der Waals surface area contributed by atoms with Crippen LogP contribution in [0.4, 0.5) is 5.95 Å². The number of carbonyl (C=O) groups excluding carboxylic acids is 1. The fraction of sp³-hybridized carbons (Fsp3) is 0.267. The number of allylic oxidation sites excluding steroid dienone is 1. The number of aromatic nitrogens is 3. The second-order valence-corrected chi connectivity index (χ2v) is 5.04. The number of anilines is 1. The highest BCUT2D eigenvalue weighted by Gasteiger charge is 2.35. The molecule has 3 N–H and O–H groups in total. The Morgan fingerprint density at radius 3 is 2.83 bits per heavy atom. The van der Waals surface area contributed by atoms with Gasteiger partial charge in [0.1, 0.15) is 12.4 Å². The van der Waals surface area contributed by atoms with Gasteiger partial charge in [-0.05, 0) is 24.1 Å². The minimum Gasteiger partial charge on any atom is -0.504 e. The number of phenolic OH excluding ortho intramolecular Hbond substituents is 2. The lowest BCUT2D eigenvalue weighted by molar-refractivity contribution is -0.136. The van der Waals surface area contributed by atoms with E-state index in [0.29, 0.717) is 29.2 Å². The summed E-state index contributed by atoms with van der Waals surface area (Å²) in [6.07, 6.45) is 1.95. The van der Waals surface area contributed by atoms with E-state index in [1.54, 1.807) is 6.07 Å². The van der Waals surface area contributed by atoms with E-state index >= 15 is 0 Å². The Kier molecular flexibility index (Phi) is 3.65. The highest BCUT2D eigenvalue weighted by molar-refractivity contribution is 5.92. The van der Waals surface area contributed by atoms with Crippen LogP contribution in [0.5, 0.6) is 11.5 Å². The van der Waals surface area contributed by atoms with Crippen molar-refractivity contribution in [1.29, 1.82) is 0 Å². The first-order valence-electron chi connectivity index (χ1n) is 7.06. The van der Waals surface area contributed by atoms with E-state index in [1.165, 1.54) is 30.3 Å². The third-order valence-corrected chi connectivity index (χ3v) is 3.75. The highest BCUT2D eigenvalue weighted by Crippen LogP contribution is 2.38. The first-order valence-corrected chi connectivity index (χ1v) is 7.06. The predicted octanol–water partition coefficient (Wildman–Crippen LogP) is 1.54. The van der Waals surface area contributed by atoms with Crippen molar-refractivity contribution in [3.05, 3.63) is 41.4 Å². The molecule has 0 saturated carbocycles. The number of fused-ring (bicyclic) bond motifs is 1. The normalized spacial score (nSPS) is 16.7. The molecule has 1 atom stereocenters. The van der Waals surface area contributed by atoms with Gasteiger partial charge in [0.2, 0.25) is 5.95 Å². The Labute approximate surface area is 132 Å². The first-order chi connectivity index (χ1) is 11.1. The number of esters is 1. The van der Waals surface area contributed by atoms with Crippen molar-refractivity contribution in [2.24, 2.45) is 0 Å². The lowest BCUT2D eigenvalue weighted by atomic mass is 9.94. The quantitative estimate of drug-likeness (QED) is 0.582. The van der Waals surface area contributed by atoms with Crippen molar-refractivity contribution in [2.45, 2.75) is 19.4 Å². The van der Waals surface area contributed by atoms with E-state index in [1.807, 2.05) is 6.92 Å². The zero-order chi connectivity index (χ0) is 16.6. The van der Waals surface area contributed by atoms with Gasteiger partial charge in [-0.1, -0.05) is 13.0 Å². The van der Waals surface area contributed by atoms with Crippen molar-refractivity contribution in [3.63, 3.8) is 0 Å². The van der Waals surface area contributed by atoms with E-state index in [-0.39, 0.29) is 11.5 Å². The Balaban J connectivity index is 2.22. The number of nitrogens with one attached hydrogen (secondary N) is 1. The summed E-state index contributed by atoms with van der Waals surface area (Å²) in [7, 11) is 1.31. The standard InChI is InChI=1S/C15H16N4O4/c1-3-9-12(14(22)23-2)13(19-15(18-9)16-7-17-19)8-4-5-10(20)11(21)6-8/h4-7,13,20-21H,3H2,1-2H3,(H,16,17,18). The van der Waals surface area contributed by atoms with Crippen LogP contribution in [0.15, 0.2) is 35.8 Å². The van der Waals surface area contributed by atoms with Crippen LogP contribution in [0.25, 0.3) is 0 Å². The van der Waals surface area contributed by atoms with Crippen molar-refractivity contribution in [2.75, 3.05) is 12.4 Å². The number of methoxy groups -OCH3 is 1. The van der Waals surface area contributed by atoms with Gasteiger partial charge in [0, 0.05) is 5.70 Å². The maximum atomic E-state index is 12.3. The van der Waals surface area contributed by atoms with Crippen LogP contribution in [0.1, 0.15) is 24.9 Å². The van der Waals surface area contributed by atoms with Gasteiger partial charge in [-0.2, -0.15) is 10.1 Å². The molecule has 1 aromatic carbocycles. The highest BCUT2D eigenvalue weighted by atomic mass is 16.5. The number of rotatable bonds is 3. The Bertz CT molecular complexity index is 797. The molecule has 0 saturated heterocycles. The number of hydrogen-bond acceptors (Lipinski definition) is 7. The molecular weight excluding hydrogens is 300 g/mol. The molecule has 0 amide bonds.